The first kappa shape index (κ1) is 23.3. The number of rotatable bonds is 4. The summed E-state index contributed by atoms with van der Waals surface area (Å²) in [4.78, 5) is 32.6. The van der Waals surface area contributed by atoms with E-state index in [-0.39, 0.29) is 17.8 Å². The molecule has 0 radical (unpaired) electrons. The zero-order chi connectivity index (χ0) is 24.7. The Labute approximate surface area is 206 Å². The fourth-order valence-corrected chi connectivity index (χ4v) is 5.18. The third kappa shape index (κ3) is 4.38. The summed E-state index contributed by atoms with van der Waals surface area (Å²) in [6.45, 7) is 3.23. The zero-order valence-corrected chi connectivity index (χ0v) is 20.0. The van der Waals surface area contributed by atoms with Gasteiger partial charge in [-0.05, 0) is 55.5 Å². The van der Waals surface area contributed by atoms with Crippen molar-refractivity contribution in [2.45, 2.75) is 38.6 Å². The lowest BCUT2D eigenvalue weighted by molar-refractivity contribution is -0.127. The van der Waals surface area contributed by atoms with Gasteiger partial charge in [-0.15, -0.1) is 0 Å². The van der Waals surface area contributed by atoms with Gasteiger partial charge in [0.1, 0.15) is 17.3 Å². The van der Waals surface area contributed by atoms with Crippen LogP contribution in [-0.4, -0.2) is 56.2 Å². The second kappa shape index (κ2) is 8.99. The summed E-state index contributed by atoms with van der Waals surface area (Å²) < 4.78 is 15.5. The van der Waals surface area contributed by atoms with Crippen molar-refractivity contribution in [1.82, 2.24) is 19.5 Å². The smallest absolute Gasteiger partial charge is 0.407 e. The number of nitrogens with zero attached hydrogens (tertiary/aromatic N) is 5. The normalized spacial score (nSPS) is 19.8. The monoisotopic (exact) mass is 500 g/mol. The summed E-state index contributed by atoms with van der Waals surface area (Å²) in [6, 6.07) is 6.14. The minimum Gasteiger partial charge on any atom is -0.465 e. The molecular formula is C24H26ClFN6O3. The van der Waals surface area contributed by atoms with Crippen molar-refractivity contribution in [2.24, 2.45) is 5.41 Å². The summed E-state index contributed by atoms with van der Waals surface area (Å²) in [7, 11) is 0. The number of carbonyl (C=O) groups excluding carboxylic acids is 1. The molecule has 11 heteroatoms. The molecule has 2 aliphatic rings. The number of aromatic nitrogens is 3. The lowest BCUT2D eigenvalue weighted by Crippen LogP contribution is -2.46. The Bertz CT molecular complexity index is 1290. The summed E-state index contributed by atoms with van der Waals surface area (Å²) in [6.07, 6.45) is 4.99. The molecule has 1 unspecified atom stereocenters. The Balaban J connectivity index is 1.39. The molecule has 2 fully saturated rings. The third-order valence-electron chi connectivity index (χ3n) is 7.15. The van der Waals surface area contributed by atoms with E-state index in [1.54, 1.807) is 23.0 Å². The van der Waals surface area contributed by atoms with E-state index in [0.717, 1.165) is 24.9 Å². The molecule has 2 amide bonds. The number of anilines is 2. The minimum atomic E-state index is -0.966. The minimum absolute atomic E-state index is 0.104. The Kier molecular flexibility index (Phi) is 6.00. The van der Waals surface area contributed by atoms with Crippen molar-refractivity contribution < 1.29 is 19.1 Å². The van der Waals surface area contributed by atoms with Gasteiger partial charge in [-0.1, -0.05) is 18.5 Å². The van der Waals surface area contributed by atoms with Gasteiger partial charge in [0.2, 0.25) is 5.91 Å². The van der Waals surface area contributed by atoms with Gasteiger partial charge >= 0.3 is 6.09 Å². The molecule has 1 atom stereocenters. The number of likely N-dealkylation sites (tertiary alicyclic amines) is 1. The lowest BCUT2D eigenvalue weighted by atomic mass is 9.79. The maximum atomic E-state index is 13.9. The summed E-state index contributed by atoms with van der Waals surface area (Å²) in [5.41, 5.74) is 1.02. The molecule has 2 aliphatic heterocycles. The number of hydrogen-bond donors (Lipinski definition) is 2. The molecule has 2 saturated heterocycles. The molecule has 2 N–H and O–H groups in total. The number of carbonyl (C=O) groups is 2. The number of halogens is 2. The molecular weight excluding hydrogens is 475 g/mol. The van der Waals surface area contributed by atoms with E-state index >= 15 is 0 Å². The topological polar surface area (TPSA) is 103 Å². The molecule has 2 aromatic heterocycles. The van der Waals surface area contributed by atoms with E-state index in [9.17, 15) is 19.1 Å². The van der Waals surface area contributed by atoms with Crippen molar-refractivity contribution in [1.29, 1.82) is 0 Å². The Morgan fingerprint density at radius 2 is 2.00 bits per heavy atom. The quantitative estimate of drug-likeness (QED) is 0.543. The number of hydrogen-bond acceptors (Lipinski definition) is 5. The van der Waals surface area contributed by atoms with E-state index in [4.69, 9.17) is 16.6 Å². The van der Waals surface area contributed by atoms with Crippen LogP contribution in [0.25, 0.3) is 5.65 Å². The van der Waals surface area contributed by atoms with Crippen molar-refractivity contribution in [2.75, 3.05) is 29.9 Å². The van der Waals surface area contributed by atoms with Gasteiger partial charge in [0.25, 0.3) is 0 Å². The molecule has 0 saturated carbocycles. The standard InChI is InChI=1S/C24H26ClFN6O3/c1-24(7-11-30(12-8-24)23(34)35)22(33)28-18-14-27-32-10-6-20(29-21(18)32)31-9-2-3-19(31)16-13-15(26)4-5-17(16)25/h4-6,10,13-14,19H,2-3,7-9,11-12H2,1H3,(H,28,33)(H,34,35). The predicted octanol–water partition coefficient (Wildman–Crippen LogP) is 4.58. The largest absolute Gasteiger partial charge is 0.465 e. The first-order chi connectivity index (χ1) is 16.7. The molecule has 184 valence electrons. The summed E-state index contributed by atoms with van der Waals surface area (Å²) in [5, 5.41) is 17.0. The SMILES string of the molecule is CC1(C(=O)Nc2cnn3ccc(N4CCCC4c4cc(F)ccc4Cl)nc23)CCN(C(=O)O)CC1. The van der Waals surface area contributed by atoms with Crippen LogP contribution in [0.3, 0.4) is 0 Å². The summed E-state index contributed by atoms with van der Waals surface area (Å²) in [5.74, 6) is 0.177. The average molecular weight is 501 g/mol. The number of benzene rings is 1. The van der Waals surface area contributed by atoms with Gasteiger partial charge in [0.15, 0.2) is 5.65 Å². The van der Waals surface area contributed by atoms with Crippen molar-refractivity contribution >= 4 is 40.8 Å². The molecule has 5 rings (SSSR count). The molecule has 1 aromatic carbocycles. The van der Waals surface area contributed by atoms with Gasteiger partial charge in [0.05, 0.1) is 17.7 Å². The molecule has 9 nitrogen and oxygen atoms in total. The molecule has 4 heterocycles. The van der Waals surface area contributed by atoms with Crippen molar-refractivity contribution in [3.8, 4) is 0 Å². The van der Waals surface area contributed by atoms with E-state index < -0.39 is 11.5 Å². The van der Waals surface area contributed by atoms with Crippen LogP contribution in [0.1, 0.15) is 44.2 Å². The van der Waals surface area contributed by atoms with Crippen LogP contribution in [0.15, 0.2) is 36.7 Å². The highest BCUT2D eigenvalue weighted by molar-refractivity contribution is 6.31. The van der Waals surface area contributed by atoms with Gasteiger partial charge in [-0.2, -0.15) is 5.10 Å². The van der Waals surface area contributed by atoms with Crippen LogP contribution in [-0.2, 0) is 4.79 Å². The van der Waals surface area contributed by atoms with E-state index in [1.807, 2.05) is 13.0 Å². The fourth-order valence-electron chi connectivity index (χ4n) is 4.93. The maximum Gasteiger partial charge on any atom is 0.407 e. The molecule has 3 aromatic rings. The molecule has 0 bridgehead atoms. The second-order valence-electron chi connectivity index (χ2n) is 9.41. The number of nitrogens with one attached hydrogen (secondary N) is 1. The average Bonchev–Trinajstić information content (AvgIpc) is 3.48. The number of piperidine rings is 1. The van der Waals surface area contributed by atoms with Crippen molar-refractivity contribution in [3.05, 3.63) is 53.1 Å². The van der Waals surface area contributed by atoms with Crippen LogP contribution >= 0.6 is 11.6 Å². The highest BCUT2D eigenvalue weighted by atomic mass is 35.5. The lowest BCUT2D eigenvalue weighted by Gasteiger charge is -2.36. The van der Waals surface area contributed by atoms with E-state index in [0.29, 0.717) is 48.1 Å². The van der Waals surface area contributed by atoms with E-state index in [2.05, 4.69) is 15.3 Å². The Morgan fingerprint density at radius 3 is 2.74 bits per heavy atom. The summed E-state index contributed by atoms with van der Waals surface area (Å²) >= 11 is 6.39. The first-order valence-electron chi connectivity index (χ1n) is 11.6. The van der Waals surface area contributed by atoms with E-state index in [1.165, 1.54) is 17.0 Å². The van der Waals surface area contributed by atoms with Crippen molar-refractivity contribution in [3.63, 3.8) is 0 Å². The fraction of sp³-hybridized carbons (Fsp3) is 0.417. The van der Waals surface area contributed by atoms with Gasteiger partial charge < -0.3 is 20.2 Å². The number of fused-ring (bicyclic) bond motifs is 1. The number of amides is 2. The van der Waals surface area contributed by atoms with Gasteiger partial charge in [0, 0.05) is 30.9 Å². The van der Waals surface area contributed by atoms with Gasteiger partial charge in [-0.25, -0.2) is 18.7 Å². The predicted molar refractivity (Wildman–Crippen MR) is 129 cm³/mol. The Morgan fingerprint density at radius 1 is 1.23 bits per heavy atom. The number of carboxylic acid groups (broad SMARTS) is 1. The highest BCUT2D eigenvalue weighted by Crippen LogP contribution is 2.39. The maximum absolute atomic E-state index is 13.9. The molecule has 35 heavy (non-hydrogen) atoms. The van der Waals surface area contributed by atoms with Crippen LogP contribution in [0.2, 0.25) is 5.02 Å². The van der Waals surface area contributed by atoms with Crippen LogP contribution < -0.4 is 10.2 Å². The molecule has 0 aliphatic carbocycles. The van der Waals surface area contributed by atoms with Crippen LogP contribution in [0.4, 0.5) is 20.7 Å². The van der Waals surface area contributed by atoms with Gasteiger partial charge in [-0.3, -0.25) is 4.79 Å². The third-order valence-corrected chi connectivity index (χ3v) is 7.50. The zero-order valence-electron chi connectivity index (χ0n) is 19.2. The second-order valence-corrected chi connectivity index (χ2v) is 9.82. The Hall–Kier alpha value is -3.40. The van der Waals surface area contributed by atoms with Crippen LogP contribution in [0.5, 0.6) is 0 Å². The first-order valence-corrected chi connectivity index (χ1v) is 12.0. The highest BCUT2D eigenvalue weighted by Gasteiger charge is 2.38. The van der Waals surface area contributed by atoms with Crippen LogP contribution in [0, 0.1) is 11.2 Å². The molecule has 0 spiro atoms.